The number of ether oxygens (including phenoxy) is 1. The third kappa shape index (κ3) is 1.60. The number of carbonyl (C=O) groups is 1. The van der Waals surface area contributed by atoms with E-state index in [0.29, 0.717) is 0 Å². The van der Waals surface area contributed by atoms with Crippen molar-refractivity contribution in [1.29, 1.82) is 0 Å². The van der Waals surface area contributed by atoms with Crippen molar-refractivity contribution in [2.75, 3.05) is 13.7 Å². The molecule has 1 aliphatic rings. The van der Waals surface area contributed by atoms with E-state index in [-0.39, 0.29) is 12.0 Å². The van der Waals surface area contributed by atoms with Crippen molar-refractivity contribution >= 4 is 28.8 Å². The highest BCUT2D eigenvalue weighted by Crippen LogP contribution is 2.21. The summed E-state index contributed by atoms with van der Waals surface area (Å²) >= 11 is 2.17. The summed E-state index contributed by atoms with van der Waals surface area (Å²) < 4.78 is 6.62. The lowest BCUT2D eigenvalue weighted by Crippen LogP contribution is -2.29. The largest absolute Gasteiger partial charge is 0.468 e. The molecule has 1 atom stereocenters. The summed E-state index contributed by atoms with van der Waals surface area (Å²) in [5.74, 6) is -0.105. The van der Waals surface area contributed by atoms with E-state index in [9.17, 15) is 4.79 Å². The fourth-order valence-corrected chi connectivity index (χ4v) is 1.95. The van der Waals surface area contributed by atoms with Crippen molar-refractivity contribution in [3.8, 4) is 0 Å². The average molecular weight is 255 g/mol. The average Bonchev–Trinajstić information content (AvgIpc) is 2.34. The number of methoxy groups -OCH3 is 1. The van der Waals surface area contributed by atoms with E-state index in [1.807, 2.05) is 3.11 Å². The molecule has 0 amide bonds. The first-order chi connectivity index (χ1) is 4.75. The Kier molecular flexibility index (Phi) is 2.91. The minimum Gasteiger partial charge on any atom is -0.468 e. The Labute approximate surface area is 74.2 Å². The zero-order valence-corrected chi connectivity index (χ0v) is 8.00. The lowest BCUT2D eigenvalue weighted by molar-refractivity contribution is -0.143. The quantitative estimate of drug-likeness (QED) is 0.397. The van der Waals surface area contributed by atoms with Crippen molar-refractivity contribution in [2.45, 2.75) is 18.9 Å². The monoisotopic (exact) mass is 255 g/mol. The van der Waals surface area contributed by atoms with E-state index >= 15 is 0 Å². The van der Waals surface area contributed by atoms with Gasteiger partial charge in [-0.3, -0.25) is 4.79 Å². The van der Waals surface area contributed by atoms with Crippen molar-refractivity contribution in [3.63, 3.8) is 0 Å². The molecule has 0 spiro atoms. The van der Waals surface area contributed by atoms with Crippen LogP contribution in [0.5, 0.6) is 0 Å². The van der Waals surface area contributed by atoms with Crippen LogP contribution in [-0.2, 0) is 9.53 Å². The molecule has 0 saturated carbocycles. The Balaban J connectivity index is 2.46. The maximum absolute atomic E-state index is 11.0. The van der Waals surface area contributed by atoms with Gasteiger partial charge in [-0.15, -0.1) is 0 Å². The second kappa shape index (κ2) is 3.52. The summed E-state index contributed by atoms with van der Waals surface area (Å²) in [6.45, 7) is 1.00. The highest BCUT2D eigenvalue weighted by atomic mass is 127. The van der Waals surface area contributed by atoms with Crippen LogP contribution in [0, 0.1) is 0 Å². The van der Waals surface area contributed by atoms with Gasteiger partial charge in [-0.1, -0.05) is 0 Å². The summed E-state index contributed by atoms with van der Waals surface area (Å²) in [6, 6.07) is 0.00519. The summed E-state index contributed by atoms with van der Waals surface area (Å²) in [5, 5.41) is 0. The van der Waals surface area contributed by atoms with Crippen LogP contribution in [0.3, 0.4) is 0 Å². The summed E-state index contributed by atoms with van der Waals surface area (Å²) in [4.78, 5) is 11.0. The molecule has 0 aromatic heterocycles. The molecule has 0 aromatic carbocycles. The topological polar surface area (TPSA) is 29.5 Å². The fraction of sp³-hybridized carbons (Fsp3) is 0.833. The maximum atomic E-state index is 11.0. The van der Waals surface area contributed by atoms with Gasteiger partial charge in [0.05, 0.1) is 7.11 Å². The Morgan fingerprint density at radius 2 is 2.50 bits per heavy atom. The van der Waals surface area contributed by atoms with Crippen molar-refractivity contribution in [2.24, 2.45) is 0 Å². The SMILES string of the molecule is COC(=O)C1CCCN1I. The van der Waals surface area contributed by atoms with E-state index in [1.54, 1.807) is 0 Å². The Morgan fingerprint density at radius 3 is 2.90 bits per heavy atom. The summed E-state index contributed by atoms with van der Waals surface area (Å²) in [7, 11) is 1.44. The zero-order chi connectivity index (χ0) is 7.56. The van der Waals surface area contributed by atoms with Crippen molar-refractivity contribution in [1.82, 2.24) is 3.11 Å². The number of nitrogens with zero attached hydrogens (tertiary/aromatic N) is 1. The second-order valence-corrected chi connectivity index (χ2v) is 3.54. The molecular formula is C6H10INO2. The Hall–Kier alpha value is 0.160. The van der Waals surface area contributed by atoms with E-state index in [1.165, 1.54) is 7.11 Å². The predicted octanol–water partition coefficient (Wildman–Crippen LogP) is 0.974. The fourth-order valence-electron chi connectivity index (χ4n) is 1.10. The molecule has 4 heteroatoms. The van der Waals surface area contributed by atoms with Crippen LogP contribution in [-0.4, -0.2) is 28.8 Å². The zero-order valence-electron chi connectivity index (χ0n) is 5.84. The molecule has 0 radical (unpaired) electrons. The van der Waals surface area contributed by atoms with Crippen LogP contribution in [0.15, 0.2) is 0 Å². The van der Waals surface area contributed by atoms with Gasteiger partial charge in [0.2, 0.25) is 0 Å². The van der Waals surface area contributed by atoms with Gasteiger partial charge in [-0.05, 0) is 12.8 Å². The number of halogens is 1. The third-order valence-electron chi connectivity index (χ3n) is 1.66. The highest BCUT2D eigenvalue weighted by molar-refractivity contribution is 14.1. The van der Waals surface area contributed by atoms with Crippen molar-refractivity contribution in [3.05, 3.63) is 0 Å². The minimum absolute atomic E-state index is 0.00519. The molecule has 10 heavy (non-hydrogen) atoms. The molecule has 0 bridgehead atoms. The van der Waals surface area contributed by atoms with Gasteiger partial charge in [0, 0.05) is 29.4 Å². The van der Waals surface area contributed by atoms with Gasteiger partial charge in [0.15, 0.2) is 0 Å². The number of hydrogen-bond donors (Lipinski definition) is 0. The minimum atomic E-state index is -0.105. The third-order valence-corrected chi connectivity index (χ3v) is 2.82. The molecular weight excluding hydrogens is 245 g/mol. The standard InChI is InChI=1S/C6H10INO2/c1-10-6(9)5-3-2-4-8(5)7/h5H,2-4H2,1H3. The van der Waals surface area contributed by atoms with Gasteiger partial charge < -0.3 is 4.74 Å². The molecule has 58 valence electrons. The van der Waals surface area contributed by atoms with Crippen LogP contribution >= 0.6 is 22.9 Å². The van der Waals surface area contributed by atoms with Crippen LogP contribution in [0.25, 0.3) is 0 Å². The van der Waals surface area contributed by atoms with E-state index in [2.05, 4.69) is 27.6 Å². The van der Waals surface area contributed by atoms with Crippen molar-refractivity contribution < 1.29 is 9.53 Å². The number of carbonyl (C=O) groups excluding carboxylic acids is 1. The van der Waals surface area contributed by atoms with Gasteiger partial charge >= 0.3 is 5.97 Å². The lowest BCUT2D eigenvalue weighted by Gasteiger charge is -2.13. The van der Waals surface area contributed by atoms with Gasteiger partial charge in [-0.25, -0.2) is 3.11 Å². The van der Waals surface area contributed by atoms with Gasteiger partial charge in [0.1, 0.15) is 6.04 Å². The molecule has 1 aliphatic heterocycles. The van der Waals surface area contributed by atoms with E-state index < -0.39 is 0 Å². The first-order valence-corrected chi connectivity index (χ1v) is 4.22. The smallest absolute Gasteiger partial charge is 0.323 e. The van der Waals surface area contributed by atoms with Crippen LogP contribution in [0.1, 0.15) is 12.8 Å². The van der Waals surface area contributed by atoms with Crippen LogP contribution in [0.2, 0.25) is 0 Å². The van der Waals surface area contributed by atoms with Crippen LogP contribution in [0.4, 0.5) is 0 Å². The van der Waals surface area contributed by atoms with Crippen LogP contribution < -0.4 is 0 Å². The summed E-state index contributed by atoms with van der Waals surface area (Å²) in [5.41, 5.74) is 0. The molecule has 1 unspecified atom stereocenters. The first-order valence-electron chi connectivity index (χ1n) is 3.26. The molecule has 0 aliphatic carbocycles. The molecule has 1 rings (SSSR count). The number of rotatable bonds is 1. The maximum Gasteiger partial charge on any atom is 0.323 e. The molecule has 0 aromatic rings. The Morgan fingerprint density at radius 1 is 1.80 bits per heavy atom. The molecule has 1 saturated heterocycles. The first kappa shape index (κ1) is 8.26. The van der Waals surface area contributed by atoms with Gasteiger partial charge in [-0.2, -0.15) is 0 Å². The highest BCUT2D eigenvalue weighted by Gasteiger charge is 2.29. The second-order valence-electron chi connectivity index (χ2n) is 2.30. The normalized spacial score (nSPS) is 26.8. The molecule has 3 nitrogen and oxygen atoms in total. The molecule has 1 heterocycles. The predicted molar refractivity (Wildman–Crippen MR) is 45.8 cm³/mol. The molecule has 1 fully saturated rings. The van der Waals surface area contributed by atoms with E-state index in [4.69, 9.17) is 0 Å². The number of hydrogen-bond acceptors (Lipinski definition) is 3. The summed E-state index contributed by atoms with van der Waals surface area (Å²) in [6.07, 6.45) is 2.04. The number of esters is 1. The molecule has 0 N–H and O–H groups in total. The van der Waals surface area contributed by atoms with E-state index in [0.717, 1.165) is 19.4 Å². The van der Waals surface area contributed by atoms with Gasteiger partial charge in [0.25, 0.3) is 0 Å². The Bertz CT molecular complexity index is 140. The lowest BCUT2D eigenvalue weighted by atomic mass is 10.2.